The summed E-state index contributed by atoms with van der Waals surface area (Å²) in [5.74, 6) is 1.56. The number of carbonyl (C=O) groups excluding carboxylic acids is 1. The number of rotatable bonds is 6. The Bertz CT molecular complexity index is 428. The van der Waals surface area contributed by atoms with Crippen molar-refractivity contribution in [3.8, 4) is 11.5 Å². The summed E-state index contributed by atoms with van der Waals surface area (Å²) in [6.07, 6.45) is 1.85. The number of halogens is 1. The van der Waals surface area contributed by atoms with Crippen molar-refractivity contribution in [3.05, 3.63) is 22.2 Å². The number of aldehydes is 1. The number of carbonyl (C=O) groups is 1. The van der Waals surface area contributed by atoms with Crippen molar-refractivity contribution < 1.29 is 14.3 Å². The van der Waals surface area contributed by atoms with Gasteiger partial charge in [0.1, 0.15) is 6.29 Å². The van der Waals surface area contributed by atoms with Crippen molar-refractivity contribution in [1.29, 1.82) is 0 Å². The lowest BCUT2D eigenvalue weighted by Gasteiger charge is -2.18. The monoisotopic (exact) mass is 270 g/mol. The van der Waals surface area contributed by atoms with Crippen molar-refractivity contribution in [1.82, 2.24) is 0 Å². The highest BCUT2D eigenvalue weighted by Crippen LogP contribution is 2.41. The number of ether oxygens (including phenoxy) is 2. The Balaban J connectivity index is 3.40. The first-order chi connectivity index (χ1) is 8.56. The van der Waals surface area contributed by atoms with Gasteiger partial charge >= 0.3 is 0 Å². The molecule has 0 aliphatic carbocycles. The van der Waals surface area contributed by atoms with E-state index in [0.29, 0.717) is 29.4 Å². The lowest BCUT2D eigenvalue weighted by molar-refractivity contribution is -0.107. The van der Waals surface area contributed by atoms with E-state index in [0.717, 1.165) is 17.4 Å². The SMILES string of the molecule is COc1cc(C(C)C)c(Cl)c(CCC=O)c1OC. The lowest BCUT2D eigenvalue weighted by atomic mass is 9.97. The third-order valence-electron chi connectivity index (χ3n) is 2.86. The number of benzene rings is 1. The smallest absolute Gasteiger partial charge is 0.165 e. The van der Waals surface area contributed by atoms with Gasteiger partial charge in [-0.15, -0.1) is 0 Å². The highest BCUT2D eigenvalue weighted by Gasteiger charge is 2.19. The first-order valence-electron chi connectivity index (χ1n) is 5.93. The Morgan fingerprint density at radius 2 is 2.00 bits per heavy atom. The molecule has 0 saturated carbocycles. The molecule has 0 aromatic heterocycles. The third kappa shape index (κ3) is 2.96. The molecule has 3 nitrogen and oxygen atoms in total. The summed E-state index contributed by atoms with van der Waals surface area (Å²) in [5, 5.41) is 0.671. The molecule has 0 aliphatic rings. The molecule has 0 atom stereocenters. The summed E-state index contributed by atoms with van der Waals surface area (Å²) in [7, 11) is 3.17. The largest absolute Gasteiger partial charge is 0.493 e. The zero-order valence-corrected chi connectivity index (χ0v) is 12.0. The first kappa shape index (κ1) is 14.8. The molecule has 0 spiro atoms. The molecule has 0 heterocycles. The maximum absolute atomic E-state index is 10.5. The van der Waals surface area contributed by atoms with Crippen LogP contribution in [0.25, 0.3) is 0 Å². The van der Waals surface area contributed by atoms with Crippen LogP contribution in [0.2, 0.25) is 5.02 Å². The molecule has 18 heavy (non-hydrogen) atoms. The average Bonchev–Trinajstić information content (AvgIpc) is 2.36. The minimum atomic E-state index is 0.285. The molecule has 0 radical (unpaired) electrons. The Hall–Kier alpha value is -1.22. The Labute approximate surface area is 113 Å². The van der Waals surface area contributed by atoms with Gasteiger partial charge in [-0.1, -0.05) is 25.4 Å². The summed E-state index contributed by atoms with van der Waals surface area (Å²) in [5.41, 5.74) is 1.85. The summed E-state index contributed by atoms with van der Waals surface area (Å²) in [6, 6.07) is 1.90. The van der Waals surface area contributed by atoms with Crippen molar-refractivity contribution in [3.63, 3.8) is 0 Å². The number of hydrogen-bond donors (Lipinski definition) is 0. The van der Waals surface area contributed by atoms with Crippen molar-refractivity contribution in [2.75, 3.05) is 14.2 Å². The highest BCUT2D eigenvalue weighted by molar-refractivity contribution is 6.32. The van der Waals surface area contributed by atoms with Crippen LogP contribution >= 0.6 is 11.6 Å². The zero-order valence-electron chi connectivity index (χ0n) is 11.2. The van der Waals surface area contributed by atoms with Gasteiger partial charge in [0.05, 0.1) is 19.2 Å². The Morgan fingerprint density at radius 1 is 1.33 bits per heavy atom. The van der Waals surface area contributed by atoms with E-state index in [1.807, 2.05) is 6.07 Å². The molecule has 0 bridgehead atoms. The van der Waals surface area contributed by atoms with Crippen LogP contribution in [0.3, 0.4) is 0 Å². The van der Waals surface area contributed by atoms with E-state index in [-0.39, 0.29) is 5.92 Å². The quantitative estimate of drug-likeness (QED) is 0.741. The van der Waals surface area contributed by atoms with Gasteiger partial charge in [0.15, 0.2) is 11.5 Å². The fraction of sp³-hybridized carbons (Fsp3) is 0.500. The molecular formula is C14H19ClO3. The summed E-state index contributed by atoms with van der Waals surface area (Å²) >= 11 is 6.40. The van der Waals surface area contributed by atoms with E-state index < -0.39 is 0 Å². The highest BCUT2D eigenvalue weighted by atomic mass is 35.5. The normalized spacial score (nSPS) is 10.6. The molecule has 4 heteroatoms. The van der Waals surface area contributed by atoms with E-state index >= 15 is 0 Å². The van der Waals surface area contributed by atoms with Gasteiger partial charge in [0.25, 0.3) is 0 Å². The topological polar surface area (TPSA) is 35.5 Å². The molecule has 0 unspecified atom stereocenters. The van der Waals surface area contributed by atoms with Crippen LogP contribution in [-0.4, -0.2) is 20.5 Å². The van der Waals surface area contributed by atoms with Crippen LogP contribution in [0.5, 0.6) is 11.5 Å². The summed E-state index contributed by atoms with van der Waals surface area (Å²) in [6.45, 7) is 4.13. The van der Waals surface area contributed by atoms with E-state index in [9.17, 15) is 4.79 Å². The molecular weight excluding hydrogens is 252 g/mol. The Kier molecular flexibility index (Phi) is 5.48. The maximum Gasteiger partial charge on any atom is 0.165 e. The molecule has 1 aromatic carbocycles. The van der Waals surface area contributed by atoms with Crippen LogP contribution in [0.1, 0.15) is 37.3 Å². The summed E-state index contributed by atoms with van der Waals surface area (Å²) < 4.78 is 10.7. The molecule has 0 N–H and O–H groups in total. The van der Waals surface area contributed by atoms with Crippen LogP contribution in [0.15, 0.2) is 6.07 Å². The van der Waals surface area contributed by atoms with Crippen molar-refractivity contribution in [2.24, 2.45) is 0 Å². The fourth-order valence-corrected chi connectivity index (χ4v) is 2.37. The van der Waals surface area contributed by atoms with Gasteiger partial charge in [-0.05, 0) is 24.0 Å². The molecule has 0 fully saturated rings. The maximum atomic E-state index is 10.5. The third-order valence-corrected chi connectivity index (χ3v) is 3.31. The lowest BCUT2D eigenvalue weighted by Crippen LogP contribution is -2.02. The molecule has 1 aromatic rings. The fourth-order valence-electron chi connectivity index (χ4n) is 1.91. The predicted molar refractivity (Wildman–Crippen MR) is 73.0 cm³/mol. The molecule has 0 aliphatic heterocycles. The molecule has 100 valence electrons. The second-order valence-electron chi connectivity index (χ2n) is 4.35. The number of methoxy groups -OCH3 is 2. The minimum absolute atomic E-state index is 0.285. The van der Waals surface area contributed by atoms with E-state index in [1.165, 1.54) is 0 Å². The van der Waals surface area contributed by atoms with Gasteiger partial charge in [0, 0.05) is 12.0 Å². The molecule has 0 saturated heterocycles. The number of hydrogen-bond acceptors (Lipinski definition) is 3. The molecule has 1 rings (SSSR count). The van der Waals surface area contributed by atoms with Crippen LogP contribution in [0.4, 0.5) is 0 Å². The van der Waals surface area contributed by atoms with Gasteiger partial charge in [-0.3, -0.25) is 0 Å². The van der Waals surface area contributed by atoms with Gasteiger partial charge in [-0.25, -0.2) is 0 Å². The van der Waals surface area contributed by atoms with E-state index in [1.54, 1.807) is 14.2 Å². The zero-order chi connectivity index (χ0) is 13.7. The van der Waals surface area contributed by atoms with Crippen molar-refractivity contribution >= 4 is 17.9 Å². The van der Waals surface area contributed by atoms with Crippen molar-refractivity contribution in [2.45, 2.75) is 32.6 Å². The van der Waals surface area contributed by atoms with Gasteiger partial charge < -0.3 is 14.3 Å². The standard InChI is InChI=1S/C14H19ClO3/c1-9(2)11-8-12(17-3)14(18-4)10(13(11)15)6-5-7-16/h7-9H,5-6H2,1-4H3. The predicted octanol–water partition coefficient (Wildman–Crippen LogP) is 3.61. The van der Waals surface area contributed by atoms with Crippen LogP contribution in [-0.2, 0) is 11.2 Å². The van der Waals surface area contributed by atoms with E-state index in [2.05, 4.69) is 13.8 Å². The second kappa shape index (κ2) is 6.64. The van der Waals surface area contributed by atoms with Gasteiger partial charge in [-0.2, -0.15) is 0 Å². The molecule has 0 amide bonds. The van der Waals surface area contributed by atoms with E-state index in [4.69, 9.17) is 21.1 Å². The first-order valence-corrected chi connectivity index (χ1v) is 6.31. The van der Waals surface area contributed by atoms with Crippen LogP contribution < -0.4 is 9.47 Å². The Morgan fingerprint density at radius 3 is 2.44 bits per heavy atom. The average molecular weight is 271 g/mol. The van der Waals surface area contributed by atoms with Crippen LogP contribution in [0, 0.1) is 0 Å². The summed E-state index contributed by atoms with van der Waals surface area (Å²) in [4.78, 5) is 10.5. The minimum Gasteiger partial charge on any atom is -0.493 e. The second-order valence-corrected chi connectivity index (χ2v) is 4.73. The van der Waals surface area contributed by atoms with Gasteiger partial charge in [0.2, 0.25) is 0 Å².